The molecule has 0 bridgehead atoms. The SMILES string of the molecule is CCC(C)C(NC(=O)OC(C)(C)C)c1cn(C(Cc2ccc(O)cc2)C(=O)N(CC)CCN(C)C(=O)OC(C)(C)C)nn1. The Morgan fingerprint density at radius 3 is 2.14 bits per heavy atom. The second-order valence-corrected chi connectivity index (χ2v) is 12.8. The zero-order valence-electron chi connectivity index (χ0n) is 27.4. The van der Waals surface area contributed by atoms with Crippen molar-refractivity contribution < 1.29 is 29.0 Å². The number of ether oxygens (including phenoxy) is 2. The Hall–Kier alpha value is -3.83. The fraction of sp³-hybridized carbons (Fsp3) is 0.645. The zero-order valence-corrected chi connectivity index (χ0v) is 27.4. The van der Waals surface area contributed by atoms with Crippen LogP contribution in [0.5, 0.6) is 5.75 Å². The van der Waals surface area contributed by atoms with Gasteiger partial charge in [0.05, 0.1) is 12.2 Å². The predicted octanol–water partition coefficient (Wildman–Crippen LogP) is 5.09. The Bertz CT molecular complexity index is 1200. The lowest BCUT2D eigenvalue weighted by Crippen LogP contribution is -2.44. The molecule has 2 rings (SSSR count). The molecule has 1 aromatic carbocycles. The van der Waals surface area contributed by atoms with Gasteiger partial charge in [0, 0.05) is 33.1 Å². The maximum atomic E-state index is 14.0. The van der Waals surface area contributed by atoms with Crippen LogP contribution in [0.1, 0.15) is 92.1 Å². The van der Waals surface area contributed by atoms with Crippen molar-refractivity contribution in [3.05, 3.63) is 41.7 Å². The third-order valence-electron chi connectivity index (χ3n) is 6.81. The maximum absolute atomic E-state index is 14.0. The highest BCUT2D eigenvalue weighted by Gasteiger charge is 2.31. The lowest BCUT2D eigenvalue weighted by Gasteiger charge is -2.29. The van der Waals surface area contributed by atoms with Crippen LogP contribution >= 0.6 is 0 Å². The number of phenols is 1. The third kappa shape index (κ3) is 11.4. The van der Waals surface area contributed by atoms with E-state index in [1.54, 1.807) is 84.0 Å². The Morgan fingerprint density at radius 2 is 1.60 bits per heavy atom. The number of aromatic nitrogens is 3. The molecule has 0 saturated heterocycles. The molecule has 1 heterocycles. The number of carbonyl (C=O) groups excluding carboxylic acids is 3. The zero-order chi connectivity index (χ0) is 32.5. The lowest BCUT2D eigenvalue weighted by atomic mass is 9.97. The van der Waals surface area contributed by atoms with Crippen molar-refractivity contribution in [1.82, 2.24) is 30.1 Å². The predicted molar refractivity (Wildman–Crippen MR) is 164 cm³/mol. The Labute approximate surface area is 255 Å². The summed E-state index contributed by atoms with van der Waals surface area (Å²) in [5, 5.41) is 21.4. The van der Waals surface area contributed by atoms with Crippen LogP contribution in [0.15, 0.2) is 30.5 Å². The van der Waals surface area contributed by atoms with E-state index in [9.17, 15) is 19.5 Å². The summed E-state index contributed by atoms with van der Waals surface area (Å²) in [4.78, 5) is 42.3. The van der Waals surface area contributed by atoms with E-state index in [-0.39, 0.29) is 37.1 Å². The minimum atomic E-state index is -0.767. The number of aromatic hydroxyl groups is 1. The van der Waals surface area contributed by atoms with E-state index >= 15 is 0 Å². The number of nitrogens with one attached hydrogen (secondary N) is 1. The molecule has 2 aromatic rings. The van der Waals surface area contributed by atoms with Crippen molar-refractivity contribution in [3.8, 4) is 5.75 Å². The molecule has 0 aliphatic rings. The van der Waals surface area contributed by atoms with Crippen molar-refractivity contribution in [2.45, 2.75) is 98.4 Å². The first kappa shape index (κ1) is 35.4. The average molecular weight is 603 g/mol. The summed E-state index contributed by atoms with van der Waals surface area (Å²) in [6.45, 7) is 17.7. The third-order valence-corrected chi connectivity index (χ3v) is 6.81. The summed E-state index contributed by atoms with van der Waals surface area (Å²) in [6.07, 6.45) is 1.71. The van der Waals surface area contributed by atoms with Gasteiger partial charge < -0.3 is 29.7 Å². The van der Waals surface area contributed by atoms with E-state index in [1.165, 1.54) is 9.58 Å². The van der Waals surface area contributed by atoms with Crippen molar-refractivity contribution in [1.29, 1.82) is 0 Å². The number of hydrogen-bond acceptors (Lipinski definition) is 8. The minimum absolute atomic E-state index is 0.0134. The molecule has 0 radical (unpaired) electrons. The molecule has 2 N–H and O–H groups in total. The fourth-order valence-electron chi connectivity index (χ4n) is 4.25. The minimum Gasteiger partial charge on any atom is -0.508 e. The molecule has 0 spiro atoms. The second kappa shape index (κ2) is 15.1. The number of likely N-dealkylation sites (N-methyl/N-ethyl adjacent to an activating group) is 2. The molecular weight excluding hydrogens is 552 g/mol. The molecule has 12 nitrogen and oxygen atoms in total. The fourth-order valence-corrected chi connectivity index (χ4v) is 4.25. The molecule has 240 valence electrons. The van der Waals surface area contributed by atoms with Gasteiger partial charge in [-0.25, -0.2) is 14.3 Å². The summed E-state index contributed by atoms with van der Waals surface area (Å²) in [5.74, 6) is -0.0658. The van der Waals surface area contributed by atoms with Gasteiger partial charge in [-0.3, -0.25) is 4.79 Å². The number of rotatable bonds is 12. The normalized spacial score (nSPS) is 13.9. The molecule has 12 heteroatoms. The lowest BCUT2D eigenvalue weighted by molar-refractivity contribution is -0.135. The summed E-state index contributed by atoms with van der Waals surface area (Å²) in [6, 6.07) is 5.40. The monoisotopic (exact) mass is 602 g/mol. The Kier molecular flexibility index (Phi) is 12.4. The second-order valence-electron chi connectivity index (χ2n) is 12.8. The van der Waals surface area contributed by atoms with Crippen LogP contribution in [-0.2, 0) is 20.7 Å². The highest BCUT2D eigenvalue weighted by atomic mass is 16.6. The van der Waals surface area contributed by atoms with Crippen LogP contribution in [-0.4, -0.2) is 85.9 Å². The molecule has 0 fully saturated rings. The van der Waals surface area contributed by atoms with Gasteiger partial charge in [0.15, 0.2) is 0 Å². The van der Waals surface area contributed by atoms with Gasteiger partial charge in [0.25, 0.3) is 0 Å². The Morgan fingerprint density at radius 1 is 1.00 bits per heavy atom. The van der Waals surface area contributed by atoms with Gasteiger partial charge in [-0.15, -0.1) is 5.10 Å². The van der Waals surface area contributed by atoms with Gasteiger partial charge in [-0.05, 0) is 72.1 Å². The van der Waals surface area contributed by atoms with Crippen molar-refractivity contribution >= 4 is 18.1 Å². The van der Waals surface area contributed by atoms with Crippen molar-refractivity contribution in [2.75, 3.05) is 26.7 Å². The molecule has 3 amide bonds. The standard InChI is InChI=1S/C31H50N6O6/c1-11-21(3)26(32-28(40)42-30(4,5)6)24-20-37(34-33-24)25(19-22-13-15-23(38)16-14-22)27(39)36(12-2)18-17-35(10)29(41)43-31(7,8)9/h13-16,20-21,25-26,38H,11-12,17-19H2,1-10H3,(H,32,40). The number of carbonyl (C=O) groups is 3. The molecule has 0 aliphatic carbocycles. The van der Waals surface area contributed by atoms with Gasteiger partial charge in [-0.1, -0.05) is 37.6 Å². The van der Waals surface area contributed by atoms with Crippen LogP contribution in [0.2, 0.25) is 0 Å². The number of phenolic OH excluding ortho intramolecular Hbond substituents is 1. The van der Waals surface area contributed by atoms with E-state index in [2.05, 4.69) is 15.6 Å². The van der Waals surface area contributed by atoms with Crippen LogP contribution < -0.4 is 5.32 Å². The number of benzene rings is 1. The molecule has 3 atom stereocenters. The van der Waals surface area contributed by atoms with Crippen molar-refractivity contribution in [3.63, 3.8) is 0 Å². The van der Waals surface area contributed by atoms with Gasteiger partial charge in [0.2, 0.25) is 5.91 Å². The first-order valence-corrected chi connectivity index (χ1v) is 14.9. The van der Waals surface area contributed by atoms with E-state index < -0.39 is 35.5 Å². The van der Waals surface area contributed by atoms with Crippen LogP contribution in [0.3, 0.4) is 0 Å². The highest BCUT2D eigenvalue weighted by molar-refractivity contribution is 5.81. The summed E-state index contributed by atoms with van der Waals surface area (Å²) in [7, 11) is 1.64. The topological polar surface area (TPSA) is 139 Å². The first-order valence-electron chi connectivity index (χ1n) is 14.9. The van der Waals surface area contributed by atoms with Gasteiger partial charge >= 0.3 is 12.2 Å². The van der Waals surface area contributed by atoms with Crippen molar-refractivity contribution in [2.24, 2.45) is 5.92 Å². The van der Waals surface area contributed by atoms with E-state index in [0.29, 0.717) is 12.2 Å². The highest BCUT2D eigenvalue weighted by Crippen LogP contribution is 2.26. The van der Waals surface area contributed by atoms with E-state index in [0.717, 1.165) is 12.0 Å². The maximum Gasteiger partial charge on any atom is 0.410 e. The van der Waals surface area contributed by atoms with E-state index in [1.807, 2.05) is 20.8 Å². The molecule has 0 aliphatic heterocycles. The summed E-state index contributed by atoms with van der Waals surface area (Å²) >= 11 is 0. The number of hydrogen-bond donors (Lipinski definition) is 2. The average Bonchev–Trinajstić information content (AvgIpc) is 3.38. The molecule has 3 unspecified atom stereocenters. The van der Waals surface area contributed by atoms with Crippen LogP contribution in [0, 0.1) is 5.92 Å². The smallest absolute Gasteiger partial charge is 0.410 e. The quantitative estimate of drug-likeness (QED) is 0.342. The number of alkyl carbamates (subject to hydrolysis) is 1. The number of amides is 3. The van der Waals surface area contributed by atoms with E-state index in [4.69, 9.17) is 9.47 Å². The molecule has 1 aromatic heterocycles. The largest absolute Gasteiger partial charge is 0.508 e. The summed E-state index contributed by atoms with van der Waals surface area (Å²) in [5.41, 5.74) is 0.0404. The molecule has 43 heavy (non-hydrogen) atoms. The first-order chi connectivity index (χ1) is 19.9. The van der Waals surface area contributed by atoms with Gasteiger partial charge in [0.1, 0.15) is 28.7 Å². The summed E-state index contributed by atoms with van der Waals surface area (Å²) < 4.78 is 12.4. The van der Waals surface area contributed by atoms with Crippen LogP contribution in [0.4, 0.5) is 9.59 Å². The van der Waals surface area contributed by atoms with Crippen LogP contribution in [0.25, 0.3) is 0 Å². The molecule has 0 saturated carbocycles. The molecular formula is C31H50N6O6. The Balaban J connectivity index is 2.36. The number of nitrogens with zero attached hydrogens (tertiary/aromatic N) is 5. The van der Waals surface area contributed by atoms with Gasteiger partial charge in [-0.2, -0.15) is 0 Å².